The van der Waals surface area contributed by atoms with Gasteiger partial charge in [-0.05, 0) is 45.3 Å². The Labute approximate surface area is 119 Å². The average molecular weight is 289 g/mol. The van der Waals surface area contributed by atoms with Crippen LogP contribution in [0.4, 0.5) is 0 Å². The molecule has 0 saturated carbocycles. The van der Waals surface area contributed by atoms with Crippen molar-refractivity contribution < 1.29 is 9.39 Å². The van der Waals surface area contributed by atoms with E-state index < -0.39 is 11.2 Å². The number of methoxy groups -OCH3 is 1. The fourth-order valence-electron chi connectivity index (χ4n) is 1.15. The lowest BCUT2D eigenvalue weighted by Gasteiger charge is -2.40. The van der Waals surface area contributed by atoms with Crippen LogP contribution in [0.2, 0.25) is 10.3 Å². The van der Waals surface area contributed by atoms with Crippen LogP contribution in [0.1, 0.15) is 27.7 Å². The molecule has 0 N–H and O–H groups in total. The molecule has 1 aromatic heterocycles. The van der Waals surface area contributed by atoms with Crippen molar-refractivity contribution in [2.24, 2.45) is 0 Å². The van der Waals surface area contributed by atoms with E-state index in [9.17, 15) is 0 Å². The SMILES string of the molecule is COC(C)(C)C(C)(C)O[B]c1cc(Cl)nc(Cl)c1. The lowest BCUT2D eigenvalue weighted by molar-refractivity contribution is -0.114. The summed E-state index contributed by atoms with van der Waals surface area (Å²) in [6, 6.07) is 3.37. The van der Waals surface area contributed by atoms with Gasteiger partial charge in [0.25, 0.3) is 0 Å². The number of pyridine rings is 1. The lowest BCUT2D eigenvalue weighted by atomic mass is 9.83. The molecule has 1 aromatic rings. The van der Waals surface area contributed by atoms with Crippen LogP contribution in [0.5, 0.6) is 0 Å². The van der Waals surface area contributed by atoms with E-state index in [0.717, 1.165) is 5.46 Å². The molecule has 0 atom stereocenters. The molecule has 99 valence electrons. The molecule has 0 amide bonds. The van der Waals surface area contributed by atoms with Gasteiger partial charge in [0.05, 0.1) is 11.2 Å². The summed E-state index contributed by atoms with van der Waals surface area (Å²) >= 11 is 11.6. The first kappa shape index (κ1) is 15.8. The molecular formula is C12H17BCl2NO2. The Morgan fingerprint density at radius 1 is 1.06 bits per heavy atom. The molecule has 6 heteroatoms. The minimum atomic E-state index is -0.496. The van der Waals surface area contributed by atoms with Crippen molar-refractivity contribution in [2.75, 3.05) is 7.11 Å². The van der Waals surface area contributed by atoms with Gasteiger partial charge in [-0.1, -0.05) is 23.2 Å². The maximum absolute atomic E-state index is 5.82. The zero-order valence-corrected chi connectivity index (χ0v) is 12.8. The Kier molecular flexibility index (Phi) is 5.07. The number of hydrogen-bond donors (Lipinski definition) is 0. The van der Waals surface area contributed by atoms with Crippen molar-refractivity contribution in [1.29, 1.82) is 0 Å². The van der Waals surface area contributed by atoms with E-state index in [-0.39, 0.29) is 0 Å². The van der Waals surface area contributed by atoms with E-state index in [2.05, 4.69) is 4.98 Å². The van der Waals surface area contributed by atoms with Crippen LogP contribution >= 0.6 is 23.2 Å². The number of aromatic nitrogens is 1. The van der Waals surface area contributed by atoms with Crippen LogP contribution in [-0.2, 0) is 9.39 Å². The third-order valence-electron chi connectivity index (χ3n) is 3.24. The summed E-state index contributed by atoms with van der Waals surface area (Å²) in [5.74, 6) is 0. The molecule has 0 aliphatic rings. The molecule has 1 heterocycles. The van der Waals surface area contributed by atoms with E-state index in [0.29, 0.717) is 10.3 Å². The number of nitrogens with zero attached hydrogens (tertiary/aromatic N) is 1. The van der Waals surface area contributed by atoms with Gasteiger partial charge in [0.1, 0.15) is 10.3 Å². The van der Waals surface area contributed by atoms with E-state index in [1.807, 2.05) is 27.7 Å². The summed E-state index contributed by atoms with van der Waals surface area (Å²) in [5.41, 5.74) is -0.159. The van der Waals surface area contributed by atoms with E-state index in [1.54, 1.807) is 26.7 Å². The normalized spacial score (nSPS) is 12.6. The highest BCUT2D eigenvalue weighted by Crippen LogP contribution is 2.27. The topological polar surface area (TPSA) is 31.4 Å². The lowest BCUT2D eigenvalue weighted by Crippen LogP contribution is -2.50. The monoisotopic (exact) mass is 288 g/mol. The second-order valence-electron chi connectivity index (χ2n) is 5.01. The highest BCUT2D eigenvalue weighted by molar-refractivity contribution is 6.48. The zero-order valence-electron chi connectivity index (χ0n) is 11.3. The van der Waals surface area contributed by atoms with E-state index in [4.69, 9.17) is 32.6 Å². The summed E-state index contributed by atoms with van der Waals surface area (Å²) in [6.07, 6.45) is 0. The number of hydrogen-bond acceptors (Lipinski definition) is 3. The fourth-order valence-corrected chi connectivity index (χ4v) is 1.63. The van der Waals surface area contributed by atoms with Crippen molar-refractivity contribution in [3.05, 3.63) is 22.4 Å². The van der Waals surface area contributed by atoms with Crippen molar-refractivity contribution in [2.45, 2.75) is 38.9 Å². The molecule has 0 aliphatic carbocycles. The maximum atomic E-state index is 5.82. The van der Waals surface area contributed by atoms with E-state index >= 15 is 0 Å². The summed E-state index contributed by atoms with van der Waals surface area (Å²) in [7, 11) is 3.27. The summed E-state index contributed by atoms with van der Waals surface area (Å²) < 4.78 is 11.2. The van der Waals surface area contributed by atoms with Gasteiger partial charge in [-0.25, -0.2) is 4.98 Å². The van der Waals surface area contributed by atoms with Crippen molar-refractivity contribution in [3.63, 3.8) is 0 Å². The zero-order chi connectivity index (χ0) is 14.0. The molecule has 3 nitrogen and oxygen atoms in total. The Balaban J connectivity index is 2.75. The number of ether oxygens (including phenoxy) is 1. The van der Waals surface area contributed by atoms with Crippen molar-refractivity contribution in [1.82, 2.24) is 4.98 Å². The summed E-state index contributed by atoms with van der Waals surface area (Å²) in [6.45, 7) is 7.84. The van der Waals surface area contributed by atoms with Crippen molar-refractivity contribution in [3.8, 4) is 0 Å². The number of rotatable bonds is 5. The smallest absolute Gasteiger partial charge is 0.331 e. The van der Waals surface area contributed by atoms with Crippen LogP contribution in [0.25, 0.3) is 0 Å². The molecule has 0 bridgehead atoms. The van der Waals surface area contributed by atoms with Gasteiger partial charge in [0.2, 0.25) is 0 Å². The molecule has 0 unspecified atom stereocenters. The van der Waals surface area contributed by atoms with Crippen molar-refractivity contribution >= 4 is 36.1 Å². The second-order valence-corrected chi connectivity index (χ2v) is 5.78. The molecule has 0 saturated heterocycles. The third-order valence-corrected chi connectivity index (χ3v) is 3.62. The van der Waals surface area contributed by atoms with Gasteiger partial charge in [-0.3, -0.25) is 0 Å². The molecular weight excluding hydrogens is 272 g/mol. The molecule has 0 spiro atoms. The van der Waals surface area contributed by atoms with Gasteiger partial charge in [0.15, 0.2) is 0 Å². The number of halogens is 2. The third kappa shape index (κ3) is 3.85. The van der Waals surface area contributed by atoms with Crippen LogP contribution in [0.3, 0.4) is 0 Å². The van der Waals surface area contributed by atoms with Crippen LogP contribution in [0, 0.1) is 0 Å². The van der Waals surface area contributed by atoms with Crippen LogP contribution in [-0.4, -0.2) is 30.8 Å². The minimum Gasteiger partial charge on any atom is -0.427 e. The molecule has 0 fully saturated rings. The molecule has 0 aromatic carbocycles. The molecule has 1 radical (unpaired) electrons. The summed E-state index contributed by atoms with van der Waals surface area (Å²) in [4.78, 5) is 3.87. The largest absolute Gasteiger partial charge is 0.427 e. The van der Waals surface area contributed by atoms with Crippen LogP contribution in [0.15, 0.2) is 12.1 Å². The first-order chi connectivity index (χ1) is 8.18. The first-order valence-electron chi connectivity index (χ1n) is 5.57. The second kappa shape index (κ2) is 5.78. The Bertz CT molecular complexity index is 404. The first-order valence-corrected chi connectivity index (χ1v) is 6.33. The molecule has 1 rings (SSSR count). The van der Waals surface area contributed by atoms with Crippen LogP contribution < -0.4 is 5.46 Å². The fraction of sp³-hybridized carbons (Fsp3) is 0.583. The van der Waals surface area contributed by atoms with Gasteiger partial charge >= 0.3 is 7.48 Å². The minimum absolute atomic E-state index is 0.334. The standard InChI is InChI=1S/C12H17BCl2NO2/c1-11(2,17-5)12(3,4)18-13-8-6-9(14)16-10(15)7-8/h6-7H,1-5H3. The predicted octanol–water partition coefficient (Wildman–Crippen LogP) is 2.85. The molecule has 18 heavy (non-hydrogen) atoms. The Morgan fingerprint density at radius 2 is 1.56 bits per heavy atom. The van der Waals surface area contributed by atoms with Gasteiger partial charge in [0, 0.05) is 7.11 Å². The van der Waals surface area contributed by atoms with Gasteiger partial charge in [-0.15, -0.1) is 0 Å². The average Bonchev–Trinajstić information content (AvgIpc) is 2.25. The van der Waals surface area contributed by atoms with Gasteiger partial charge < -0.3 is 9.39 Å². The Morgan fingerprint density at radius 3 is 2.00 bits per heavy atom. The maximum Gasteiger partial charge on any atom is 0.331 e. The molecule has 0 aliphatic heterocycles. The predicted molar refractivity (Wildman–Crippen MR) is 75.9 cm³/mol. The summed E-state index contributed by atoms with van der Waals surface area (Å²) in [5, 5.41) is 0.669. The van der Waals surface area contributed by atoms with Gasteiger partial charge in [-0.2, -0.15) is 0 Å². The van der Waals surface area contributed by atoms with E-state index in [1.165, 1.54) is 0 Å². The highest BCUT2D eigenvalue weighted by Gasteiger charge is 2.37. The highest BCUT2D eigenvalue weighted by atomic mass is 35.5. The Hall–Kier alpha value is -0.285. The quantitative estimate of drug-likeness (QED) is 0.617.